The van der Waals surface area contributed by atoms with Gasteiger partial charge in [0, 0.05) is 81.2 Å². The number of benzene rings is 3. The summed E-state index contributed by atoms with van der Waals surface area (Å²) in [5.41, 5.74) is 4.14. The number of H-pyrrole nitrogens is 1. The lowest BCUT2D eigenvalue weighted by atomic mass is 9.72. The van der Waals surface area contributed by atoms with Crippen molar-refractivity contribution in [2.75, 3.05) is 62.7 Å². The maximum Gasteiger partial charge on any atom is 0.416 e. The highest BCUT2D eigenvalue weighted by molar-refractivity contribution is 7.90. The van der Waals surface area contributed by atoms with E-state index in [2.05, 4.69) is 43.7 Å². The van der Waals surface area contributed by atoms with Gasteiger partial charge >= 0.3 is 6.18 Å². The number of nitrogens with zero attached hydrogens (tertiary/aromatic N) is 4. The summed E-state index contributed by atoms with van der Waals surface area (Å²) in [5.74, 6) is -0.470. The number of carbonyl (C=O) groups is 1. The van der Waals surface area contributed by atoms with E-state index >= 15 is 0 Å². The number of alkyl halides is 3. The number of amides is 1. The minimum absolute atomic E-state index is 0.0118. The smallest absolute Gasteiger partial charge is 0.416 e. The normalized spacial score (nSPS) is 18.3. The molecule has 0 radical (unpaired) electrons. The molecule has 8 rings (SSSR count). The maximum absolute atomic E-state index is 13.9. The van der Waals surface area contributed by atoms with Gasteiger partial charge in [-0.25, -0.2) is 18.1 Å². The number of halogens is 3. The second-order valence-corrected chi connectivity index (χ2v) is 19.2. The van der Waals surface area contributed by atoms with Crippen molar-refractivity contribution in [3.63, 3.8) is 0 Å². The van der Waals surface area contributed by atoms with Crippen molar-refractivity contribution in [3.8, 4) is 11.5 Å². The highest BCUT2D eigenvalue weighted by Gasteiger charge is 2.34. The molecule has 0 spiro atoms. The Morgan fingerprint density at radius 1 is 1.06 bits per heavy atom. The zero-order valence-electron chi connectivity index (χ0n) is 35.8. The number of nitro groups is 1. The van der Waals surface area contributed by atoms with Crippen LogP contribution in [0.15, 0.2) is 89.6 Å². The van der Waals surface area contributed by atoms with Crippen LogP contribution in [0.3, 0.4) is 0 Å². The molecule has 0 unspecified atom stereocenters. The van der Waals surface area contributed by atoms with E-state index in [1.54, 1.807) is 37.4 Å². The fourth-order valence-electron chi connectivity index (χ4n) is 8.70. The number of fused-ring (bicyclic) bond motifs is 1. The molecule has 2 fully saturated rings. The molecule has 1 atom stereocenters. The molecule has 5 aromatic rings. The number of rotatable bonds is 13. The number of sulfonamides is 1. The van der Waals surface area contributed by atoms with Crippen molar-refractivity contribution >= 4 is 49.6 Å². The van der Waals surface area contributed by atoms with Crippen molar-refractivity contribution in [1.82, 2.24) is 19.6 Å². The lowest BCUT2D eigenvalue weighted by Crippen LogP contribution is -2.47. The minimum atomic E-state index is -4.60. The SMILES string of the molecule is Cc1cc(C(F)(F)F)ccc1C1=C(CN2CCN(c3ccc(C(=O)NS(=O)(=O)c4ccc(NC[C@@H]5CCOC5)c([N+](=O)[O-])c4)c(Oc4cnc5[nH]ccc5c4)c3)CC2)CCC(C)(C)C1. The van der Waals surface area contributed by atoms with Crippen molar-refractivity contribution in [2.45, 2.75) is 57.5 Å². The summed E-state index contributed by atoms with van der Waals surface area (Å²) in [7, 11) is -4.60. The Morgan fingerprint density at radius 2 is 1.86 bits per heavy atom. The molecule has 2 aromatic heterocycles. The molecule has 18 heteroatoms. The number of hydrogen-bond acceptors (Lipinski definition) is 11. The van der Waals surface area contributed by atoms with Gasteiger partial charge in [-0.3, -0.25) is 19.8 Å². The first-order valence-corrected chi connectivity index (χ1v) is 22.7. The van der Waals surface area contributed by atoms with Gasteiger partial charge < -0.3 is 24.7 Å². The van der Waals surface area contributed by atoms with Gasteiger partial charge in [-0.1, -0.05) is 25.5 Å². The standard InChI is InChI=1S/C46H50F3N7O7S/c1-29-20-33(46(47,48)49)4-7-37(29)39-24-45(2,3)13-10-32(39)27-54-15-17-55(18-16-54)34-5-8-38(42(22-34)63-35-21-31-11-14-50-43(31)52-26-35)44(57)53-64(60,61)36-6-9-40(41(23-36)56(58)59)51-25-30-12-19-62-28-30/h4-9,11,14,20-23,26,30,51H,10,12-13,15-19,24-25,27-28H2,1-3H3,(H,50,52)(H,53,57)/t30-/m0/s1. The van der Waals surface area contributed by atoms with Crippen LogP contribution in [0, 0.1) is 28.4 Å². The Bertz CT molecular complexity index is 2720. The van der Waals surface area contributed by atoms with E-state index in [4.69, 9.17) is 9.47 Å². The molecule has 0 saturated carbocycles. The number of anilines is 2. The number of hydrogen-bond donors (Lipinski definition) is 3. The zero-order valence-corrected chi connectivity index (χ0v) is 36.6. The first-order valence-electron chi connectivity index (χ1n) is 21.2. The van der Waals surface area contributed by atoms with E-state index < -0.39 is 43.2 Å². The number of pyridine rings is 1. The van der Waals surface area contributed by atoms with Crippen molar-refractivity contribution < 1.29 is 40.8 Å². The quantitative estimate of drug-likeness (QED) is 0.0761. The number of aryl methyl sites for hydroxylation is 1. The number of piperazine rings is 1. The average molecular weight is 902 g/mol. The summed E-state index contributed by atoms with van der Waals surface area (Å²) in [5, 5.41) is 15.8. The molecule has 2 saturated heterocycles. The third-order valence-electron chi connectivity index (χ3n) is 12.3. The van der Waals surface area contributed by atoms with Crippen molar-refractivity contribution in [2.24, 2.45) is 11.3 Å². The highest BCUT2D eigenvalue weighted by atomic mass is 32.2. The van der Waals surface area contributed by atoms with Crippen LogP contribution in [0.25, 0.3) is 16.6 Å². The predicted molar refractivity (Wildman–Crippen MR) is 237 cm³/mol. The molecular formula is C46H50F3N7O7S. The molecule has 3 aliphatic rings. The highest BCUT2D eigenvalue weighted by Crippen LogP contribution is 2.45. The summed E-state index contributed by atoms with van der Waals surface area (Å²) < 4.78 is 81.6. The van der Waals surface area contributed by atoms with E-state index in [9.17, 15) is 36.5 Å². The lowest BCUT2D eigenvalue weighted by Gasteiger charge is -2.39. The molecule has 64 heavy (non-hydrogen) atoms. The first-order chi connectivity index (χ1) is 30.4. The van der Waals surface area contributed by atoms with Crippen LogP contribution < -0.4 is 19.7 Å². The number of aromatic amines is 1. The first kappa shape index (κ1) is 44.6. The molecule has 1 amide bonds. The predicted octanol–water partition coefficient (Wildman–Crippen LogP) is 8.94. The van der Waals surface area contributed by atoms with Crippen LogP contribution in [0.5, 0.6) is 11.5 Å². The fourth-order valence-corrected chi connectivity index (χ4v) is 9.69. The molecule has 0 bridgehead atoms. The molecule has 4 heterocycles. The van der Waals surface area contributed by atoms with Gasteiger partial charge in [0.1, 0.15) is 22.8 Å². The van der Waals surface area contributed by atoms with E-state index in [1.807, 2.05) is 6.07 Å². The Labute approximate surface area is 369 Å². The summed E-state index contributed by atoms with van der Waals surface area (Å²) in [4.78, 5) is 36.7. The second kappa shape index (κ2) is 17.9. The van der Waals surface area contributed by atoms with Gasteiger partial charge in [0.05, 0.1) is 33.7 Å². The van der Waals surface area contributed by atoms with Crippen molar-refractivity contribution in [1.29, 1.82) is 0 Å². The third kappa shape index (κ3) is 10.0. The number of allylic oxidation sites excluding steroid dienone is 1. The minimum Gasteiger partial charge on any atom is -0.455 e. The van der Waals surface area contributed by atoms with Gasteiger partial charge in [0.2, 0.25) is 0 Å². The van der Waals surface area contributed by atoms with Gasteiger partial charge in [-0.15, -0.1) is 0 Å². The number of aromatic nitrogens is 2. The van der Waals surface area contributed by atoms with Crippen LogP contribution in [0.4, 0.5) is 30.2 Å². The third-order valence-corrected chi connectivity index (χ3v) is 13.7. The number of carbonyl (C=O) groups excluding carboxylic acids is 1. The van der Waals surface area contributed by atoms with E-state index in [0.29, 0.717) is 69.4 Å². The maximum atomic E-state index is 13.9. The Morgan fingerprint density at radius 3 is 2.58 bits per heavy atom. The van der Waals surface area contributed by atoms with Crippen LogP contribution in [-0.2, 0) is 20.9 Å². The number of nitrogens with one attached hydrogen (secondary N) is 3. The van der Waals surface area contributed by atoms with Gasteiger partial charge in [-0.05, 0) is 103 Å². The molecule has 14 nitrogen and oxygen atoms in total. The Kier molecular flexibility index (Phi) is 12.5. The molecular weight excluding hydrogens is 852 g/mol. The average Bonchev–Trinajstić information content (AvgIpc) is 3.96. The molecule has 2 aliphatic heterocycles. The van der Waals surface area contributed by atoms with Gasteiger partial charge in [-0.2, -0.15) is 13.2 Å². The van der Waals surface area contributed by atoms with E-state index in [-0.39, 0.29) is 28.3 Å². The van der Waals surface area contributed by atoms with E-state index in [0.717, 1.165) is 54.0 Å². The van der Waals surface area contributed by atoms with Crippen LogP contribution in [0.1, 0.15) is 66.6 Å². The monoisotopic (exact) mass is 901 g/mol. The Balaban J connectivity index is 1.01. The number of ether oxygens (including phenoxy) is 2. The number of nitro benzene ring substituents is 1. The summed E-state index contributed by atoms with van der Waals surface area (Å²) >= 11 is 0. The summed E-state index contributed by atoms with van der Waals surface area (Å²) in [6, 6.07) is 15.9. The molecule has 3 N–H and O–H groups in total. The van der Waals surface area contributed by atoms with Crippen LogP contribution in [0.2, 0.25) is 0 Å². The molecule has 338 valence electrons. The largest absolute Gasteiger partial charge is 0.455 e. The molecule has 1 aliphatic carbocycles. The topological polar surface area (TPSA) is 172 Å². The van der Waals surface area contributed by atoms with Crippen molar-refractivity contribution in [3.05, 3.63) is 117 Å². The lowest BCUT2D eigenvalue weighted by molar-refractivity contribution is -0.384. The summed E-state index contributed by atoms with van der Waals surface area (Å²) in [6.07, 6.45) is 2.20. The van der Waals surface area contributed by atoms with E-state index in [1.165, 1.54) is 42.1 Å². The molecule has 3 aromatic carbocycles. The summed E-state index contributed by atoms with van der Waals surface area (Å²) in [6.45, 7) is 11.0. The van der Waals surface area contributed by atoms with Gasteiger partial charge in [0.25, 0.3) is 21.6 Å². The van der Waals surface area contributed by atoms with Gasteiger partial charge in [0.15, 0.2) is 0 Å². The van der Waals surface area contributed by atoms with Crippen LogP contribution in [-0.4, -0.2) is 86.6 Å². The Hall–Kier alpha value is -5.98. The second-order valence-electron chi connectivity index (χ2n) is 17.6. The zero-order chi connectivity index (χ0) is 45.4. The fraction of sp³-hybridized carbons (Fsp3) is 0.391. The van der Waals surface area contributed by atoms with Crippen LogP contribution >= 0.6 is 0 Å².